The fraction of sp³-hybridized carbons (Fsp3) is 0.333. The summed E-state index contributed by atoms with van der Waals surface area (Å²) in [4.78, 5) is 28.8. The molecule has 0 bridgehead atoms. The molecule has 0 saturated carbocycles. The monoisotopic (exact) mass is 418 g/mol. The Hall–Kier alpha value is -2.08. The normalized spacial score (nSPS) is 21.5. The predicted octanol–water partition coefficient (Wildman–Crippen LogP) is 4.21. The van der Waals surface area contributed by atoms with Crippen molar-refractivity contribution in [1.29, 1.82) is 0 Å². The Bertz CT molecular complexity index is 905. The first-order valence-electron chi connectivity index (χ1n) is 9.29. The van der Waals surface area contributed by atoms with E-state index in [1.165, 1.54) is 4.90 Å². The van der Waals surface area contributed by atoms with Gasteiger partial charge in [0.05, 0.1) is 18.2 Å². The number of rotatable bonds is 3. The molecule has 1 N–H and O–H groups in total. The van der Waals surface area contributed by atoms with E-state index < -0.39 is 6.04 Å². The lowest BCUT2D eigenvalue weighted by Crippen LogP contribution is -2.45. The number of imide groups is 1. The number of phenols is 1. The summed E-state index contributed by atoms with van der Waals surface area (Å²) in [6, 6.07) is 11.7. The van der Waals surface area contributed by atoms with Crippen LogP contribution in [0.15, 0.2) is 42.5 Å². The first-order chi connectivity index (χ1) is 13.4. The molecule has 1 atom stereocenters. The van der Waals surface area contributed by atoms with Gasteiger partial charge in [-0.15, -0.1) is 0 Å². The van der Waals surface area contributed by atoms with E-state index in [1.54, 1.807) is 24.3 Å². The molecule has 0 spiro atoms. The van der Waals surface area contributed by atoms with E-state index in [2.05, 4.69) is 4.90 Å². The molecule has 2 aliphatic heterocycles. The summed E-state index contributed by atoms with van der Waals surface area (Å²) >= 11 is 12.1. The van der Waals surface area contributed by atoms with Gasteiger partial charge in [0.25, 0.3) is 5.91 Å². The molecule has 2 aliphatic rings. The lowest BCUT2D eigenvalue weighted by atomic mass is 9.88. The number of anilines is 1. The van der Waals surface area contributed by atoms with Crippen molar-refractivity contribution < 1.29 is 14.7 Å². The lowest BCUT2D eigenvalue weighted by molar-refractivity contribution is -0.123. The van der Waals surface area contributed by atoms with Gasteiger partial charge in [0.15, 0.2) is 0 Å². The maximum atomic E-state index is 13.0. The second-order valence-corrected chi connectivity index (χ2v) is 8.16. The van der Waals surface area contributed by atoms with E-state index in [-0.39, 0.29) is 24.2 Å². The maximum Gasteiger partial charge on any atom is 0.251 e. The highest BCUT2D eigenvalue weighted by Crippen LogP contribution is 2.36. The second-order valence-electron chi connectivity index (χ2n) is 7.28. The van der Waals surface area contributed by atoms with Crippen LogP contribution in [0.1, 0.15) is 30.7 Å². The van der Waals surface area contributed by atoms with E-state index in [4.69, 9.17) is 23.2 Å². The fourth-order valence-corrected chi connectivity index (χ4v) is 4.71. The van der Waals surface area contributed by atoms with Gasteiger partial charge in [0.2, 0.25) is 5.91 Å². The van der Waals surface area contributed by atoms with Crippen molar-refractivity contribution in [3.05, 3.63) is 58.1 Å². The number of halogens is 2. The lowest BCUT2D eigenvalue weighted by Gasteiger charge is -2.35. The minimum absolute atomic E-state index is 0.157. The van der Waals surface area contributed by atoms with Crippen LogP contribution in [0.25, 0.3) is 0 Å². The van der Waals surface area contributed by atoms with E-state index in [1.807, 2.05) is 18.2 Å². The molecular formula is C21H20Cl2N2O3. The van der Waals surface area contributed by atoms with Gasteiger partial charge in [-0.1, -0.05) is 41.4 Å². The SMILES string of the molecule is O=C1C[C@H](N2CCC(c3ccccc3O)CC2)C(=O)N1c1cc(Cl)cc(Cl)c1. The number of nitrogens with zero attached hydrogens (tertiary/aromatic N) is 2. The summed E-state index contributed by atoms with van der Waals surface area (Å²) in [6.45, 7) is 1.40. The minimum Gasteiger partial charge on any atom is -0.508 e. The molecule has 5 nitrogen and oxygen atoms in total. The molecule has 28 heavy (non-hydrogen) atoms. The summed E-state index contributed by atoms with van der Waals surface area (Å²) in [6.07, 6.45) is 1.82. The number of phenolic OH excluding ortho intramolecular Hbond substituents is 1. The van der Waals surface area contributed by atoms with Crippen molar-refractivity contribution in [1.82, 2.24) is 4.90 Å². The van der Waals surface area contributed by atoms with Crippen molar-refractivity contribution in [3.63, 3.8) is 0 Å². The summed E-state index contributed by atoms with van der Waals surface area (Å²) in [5.74, 6) is 0.102. The first kappa shape index (κ1) is 19.2. The highest BCUT2D eigenvalue weighted by Gasteiger charge is 2.43. The molecule has 7 heteroatoms. The summed E-state index contributed by atoms with van der Waals surface area (Å²) < 4.78 is 0. The molecule has 2 saturated heterocycles. The largest absolute Gasteiger partial charge is 0.508 e. The highest BCUT2D eigenvalue weighted by molar-refractivity contribution is 6.35. The van der Waals surface area contributed by atoms with Gasteiger partial charge < -0.3 is 5.11 Å². The molecule has 4 rings (SSSR count). The number of para-hydroxylation sites is 1. The van der Waals surface area contributed by atoms with Gasteiger partial charge in [-0.2, -0.15) is 0 Å². The Labute approximate surface area is 173 Å². The Morgan fingerprint density at radius 3 is 2.25 bits per heavy atom. The van der Waals surface area contributed by atoms with Gasteiger partial charge in [-0.05, 0) is 61.7 Å². The molecule has 2 aromatic rings. The Balaban J connectivity index is 1.47. The van der Waals surface area contributed by atoms with Crippen LogP contribution < -0.4 is 4.90 Å². The van der Waals surface area contributed by atoms with Gasteiger partial charge in [-0.25, -0.2) is 4.90 Å². The number of piperidine rings is 1. The molecule has 0 radical (unpaired) electrons. The number of benzene rings is 2. The average Bonchev–Trinajstić information content (AvgIpc) is 2.96. The van der Waals surface area contributed by atoms with Crippen LogP contribution in [0.5, 0.6) is 5.75 Å². The number of carbonyl (C=O) groups excluding carboxylic acids is 2. The van der Waals surface area contributed by atoms with Crippen molar-refractivity contribution in [2.24, 2.45) is 0 Å². The smallest absolute Gasteiger partial charge is 0.251 e. The second kappa shape index (κ2) is 7.74. The predicted molar refractivity (Wildman–Crippen MR) is 109 cm³/mol. The minimum atomic E-state index is -0.462. The van der Waals surface area contributed by atoms with E-state index >= 15 is 0 Å². The van der Waals surface area contributed by atoms with Gasteiger partial charge >= 0.3 is 0 Å². The molecule has 0 aromatic heterocycles. The number of likely N-dealkylation sites (tertiary alicyclic amines) is 1. The van der Waals surface area contributed by atoms with E-state index in [0.29, 0.717) is 34.6 Å². The molecule has 146 valence electrons. The molecule has 2 heterocycles. The maximum absolute atomic E-state index is 13.0. The number of amides is 2. The van der Waals surface area contributed by atoms with Crippen LogP contribution >= 0.6 is 23.2 Å². The Kier molecular flexibility index (Phi) is 5.32. The number of carbonyl (C=O) groups is 2. The van der Waals surface area contributed by atoms with Crippen LogP contribution in [-0.2, 0) is 9.59 Å². The fourth-order valence-electron chi connectivity index (χ4n) is 4.20. The third-order valence-corrected chi connectivity index (χ3v) is 6.01. The Morgan fingerprint density at radius 1 is 0.964 bits per heavy atom. The van der Waals surface area contributed by atoms with Gasteiger partial charge in [0, 0.05) is 10.0 Å². The third-order valence-electron chi connectivity index (χ3n) is 5.58. The quantitative estimate of drug-likeness (QED) is 0.758. The molecular weight excluding hydrogens is 399 g/mol. The van der Waals surface area contributed by atoms with Crippen molar-refractivity contribution in [2.75, 3.05) is 18.0 Å². The van der Waals surface area contributed by atoms with Crippen molar-refractivity contribution in [3.8, 4) is 5.75 Å². The number of hydrogen-bond donors (Lipinski definition) is 1. The van der Waals surface area contributed by atoms with Crippen LogP contribution in [0.2, 0.25) is 10.0 Å². The average molecular weight is 419 g/mol. The zero-order chi connectivity index (χ0) is 19.8. The van der Waals surface area contributed by atoms with Crippen molar-refractivity contribution in [2.45, 2.75) is 31.2 Å². The highest BCUT2D eigenvalue weighted by atomic mass is 35.5. The summed E-state index contributed by atoms with van der Waals surface area (Å²) in [7, 11) is 0. The zero-order valence-electron chi connectivity index (χ0n) is 15.1. The standard InChI is InChI=1S/C21H20Cl2N2O3/c22-14-9-15(23)11-16(10-14)25-20(27)12-18(21(25)28)24-7-5-13(6-8-24)17-3-1-2-4-19(17)26/h1-4,9-11,13,18,26H,5-8,12H2/t18-/m0/s1. The number of aromatic hydroxyl groups is 1. The molecule has 2 amide bonds. The topological polar surface area (TPSA) is 60.9 Å². The number of hydrogen-bond acceptors (Lipinski definition) is 4. The molecule has 0 aliphatic carbocycles. The molecule has 2 fully saturated rings. The van der Waals surface area contributed by atoms with Crippen LogP contribution in [-0.4, -0.2) is 41.0 Å². The molecule has 2 aromatic carbocycles. The summed E-state index contributed by atoms with van der Waals surface area (Å²) in [5, 5.41) is 10.9. The van der Waals surface area contributed by atoms with Crippen LogP contribution in [0.4, 0.5) is 5.69 Å². The molecule has 0 unspecified atom stereocenters. The third kappa shape index (κ3) is 3.62. The summed E-state index contributed by atoms with van der Waals surface area (Å²) in [5.41, 5.74) is 1.37. The van der Waals surface area contributed by atoms with Crippen molar-refractivity contribution >= 4 is 40.7 Å². The van der Waals surface area contributed by atoms with Crippen LogP contribution in [0.3, 0.4) is 0 Å². The van der Waals surface area contributed by atoms with Gasteiger partial charge in [-0.3, -0.25) is 14.5 Å². The van der Waals surface area contributed by atoms with E-state index in [0.717, 1.165) is 18.4 Å². The van der Waals surface area contributed by atoms with E-state index in [9.17, 15) is 14.7 Å². The van der Waals surface area contributed by atoms with Gasteiger partial charge in [0.1, 0.15) is 5.75 Å². The van der Waals surface area contributed by atoms with Crippen LogP contribution in [0, 0.1) is 0 Å². The first-order valence-corrected chi connectivity index (χ1v) is 10.0. The zero-order valence-corrected chi connectivity index (χ0v) is 16.7. The Morgan fingerprint density at radius 2 is 1.61 bits per heavy atom.